The van der Waals surface area contributed by atoms with Crippen LogP contribution in [0.5, 0.6) is 0 Å². The molecule has 2 atom stereocenters. The fraction of sp³-hybridized carbons (Fsp3) is 0.538. The lowest BCUT2D eigenvalue weighted by Gasteiger charge is -2.51. The lowest BCUT2D eigenvalue weighted by Crippen LogP contribution is -2.57. The summed E-state index contributed by atoms with van der Waals surface area (Å²) in [5, 5.41) is 13.3. The van der Waals surface area contributed by atoms with Gasteiger partial charge >= 0.3 is 0 Å². The van der Waals surface area contributed by atoms with Crippen LogP contribution >= 0.6 is 0 Å². The number of hydrogen-bond donors (Lipinski definition) is 1. The minimum atomic E-state index is -0.964. The molecule has 0 bridgehead atoms. The van der Waals surface area contributed by atoms with E-state index in [2.05, 4.69) is 5.32 Å². The molecule has 110 valence electrons. The average molecular weight is 286 g/mol. The molecule has 0 aliphatic heterocycles. The fourth-order valence-electron chi connectivity index (χ4n) is 2.51. The summed E-state index contributed by atoms with van der Waals surface area (Å²) in [5.41, 5.74) is -1.20. The number of methoxy groups -OCH3 is 1. The van der Waals surface area contributed by atoms with Gasteiger partial charge in [-0.15, -0.1) is 0 Å². The highest BCUT2D eigenvalue weighted by Gasteiger charge is 2.49. The summed E-state index contributed by atoms with van der Waals surface area (Å²) >= 11 is 0. The molecular weight excluding hydrogens is 270 g/mol. The van der Waals surface area contributed by atoms with Gasteiger partial charge in [0, 0.05) is 18.6 Å². The third kappa shape index (κ3) is 2.33. The van der Waals surface area contributed by atoms with Crippen molar-refractivity contribution in [1.82, 2.24) is 0 Å². The average Bonchev–Trinajstić information content (AvgIpc) is 2.35. The molecule has 0 saturated heterocycles. The number of nitro benzene ring substituents is 1. The number of non-ortho nitro benzene ring substituents is 1. The first-order valence-corrected chi connectivity index (χ1v) is 6.20. The molecule has 1 aliphatic rings. The molecule has 20 heavy (non-hydrogen) atoms. The molecule has 2 unspecified atom stereocenters. The highest BCUT2D eigenvalue weighted by molar-refractivity contribution is 5.53. The molecule has 0 radical (unpaired) electrons. The molecule has 1 fully saturated rings. The topological polar surface area (TPSA) is 64.4 Å². The van der Waals surface area contributed by atoms with Crippen molar-refractivity contribution in [3.63, 3.8) is 0 Å². The number of nitro groups is 1. The Hall–Kier alpha value is -1.76. The molecule has 1 N–H and O–H groups in total. The highest BCUT2D eigenvalue weighted by atomic mass is 19.1. The smallest absolute Gasteiger partial charge is 0.275 e. The molecule has 0 spiro atoms. The Bertz CT molecular complexity index is 525. The zero-order chi connectivity index (χ0) is 15.1. The first kappa shape index (κ1) is 14.6. The van der Waals surface area contributed by atoms with E-state index in [1.807, 2.05) is 13.8 Å². The lowest BCUT2D eigenvalue weighted by molar-refractivity contribution is -0.385. The van der Waals surface area contributed by atoms with Crippen LogP contribution in [0, 0.1) is 27.2 Å². The van der Waals surface area contributed by atoms with Crippen LogP contribution in [-0.2, 0) is 4.74 Å². The Kier molecular flexibility index (Phi) is 3.64. The fourth-order valence-corrected chi connectivity index (χ4v) is 2.51. The zero-order valence-electron chi connectivity index (χ0n) is 11.4. The highest BCUT2D eigenvalue weighted by Crippen LogP contribution is 2.44. The van der Waals surface area contributed by atoms with E-state index in [0.717, 1.165) is 0 Å². The van der Waals surface area contributed by atoms with Crippen LogP contribution in [-0.4, -0.2) is 24.2 Å². The molecule has 0 heterocycles. The number of nitrogens with zero attached hydrogens (tertiary/aromatic N) is 1. The van der Waals surface area contributed by atoms with Crippen molar-refractivity contribution >= 4 is 11.4 Å². The molecule has 0 aromatic heterocycles. The van der Waals surface area contributed by atoms with Gasteiger partial charge in [0.2, 0.25) is 0 Å². The maximum absolute atomic E-state index is 13.8. The van der Waals surface area contributed by atoms with Gasteiger partial charge in [0.25, 0.3) is 5.69 Å². The van der Waals surface area contributed by atoms with E-state index in [9.17, 15) is 18.9 Å². The normalized spacial score (nSPS) is 24.1. The van der Waals surface area contributed by atoms with E-state index in [4.69, 9.17) is 4.74 Å². The summed E-state index contributed by atoms with van der Waals surface area (Å²) in [7, 11) is 1.59. The van der Waals surface area contributed by atoms with Crippen molar-refractivity contribution in [3.8, 4) is 0 Å². The Morgan fingerprint density at radius 2 is 1.95 bits per heavy atom. The number of nitrogens with one attached hydrogen (secondary N) is 1. The monoisotopic (exact) mass is 286 g/mol. The first-order valence-electron chi connectivity index (χ1n) is 6.20. The van der Waals surface area contributed by atoms with E-state index in [1.54, 1.807) is 7.11 Å². The van der Waals surface area contributed by atoms with Crippen molar-refractivity contribution in [3.05, 3.63) is 33.9 Å². The van der Waals surface area contributed by atoms with Crippen molar-refractivity contribution < 1.29 is 18.4 Å². The number of ether oxygens (including phenoxy) is 1. The van der Waals surface area contributed by atoms with Crippen LogP contribution in [0.4, 0.5) is 20.2 Å². The largest absolute Gasteiger partial charge is 0.381 e. The lowest BCUT2D eigenvalue weighted by atomic mass is 9.64. The standard InChI is InChI=1S/C13H16F2N2O3/c1-13(2)10(6-11(13)20-3)16-12-8(14)4-7(17(18)19)5-9(12)15/h4-5,10-11,16H,6H2,1-3H3. The summed E-state index contributed by atoms with van der Waals surface area (Å²) in [5.74, 6) is -1.93. The summed E-state index contributed by atoms with van der Waals surface area (Å²) in [6.45, 7) is 3.87. The van der Waals surface area contributed by atoms with Crippen LogP contribution in [0.2, 0.25) is 0 Å². The molecule has 1 aliphatic carbocycles. The zero-order valence-corrected chi connectivity index (χ0v) is 11.4. The van der Waals surface area contributed by atoms with E-state index in [1.165, 1.54) is 0 Å². The summed E-state index contributed by atoms with van der Waals surface area (Å²) in [6, 6.07) is 1.27. The first-order chi connectivity index (χ1) is 9.27. The molecule has 1 saturated carbocycles. The third-order valence-corrected chi connectivity index (χ3v) is 4.02. The SMILES string of the molecule is COC1CC(Nc2c(F)cc([N+](=O)[O-])cc2F)C1(C)C. The number of halogens is 2. The molecule has 7 heteroatoms. The maximum atomic E-state index is 13.8. The molecular formula is C13H16F2N2O3. The van der Waals surface area contributed by atoms with Crippen molar-refractivity contribution in [2.24, 2.45) is 5.41 Å². The summed E-state index contributed by atoms with van der Waals surface area (Å²) in [4.78, 5) is 9.70. The van der Waals surface area contributed by atoms with Crippen LogP contribution < -0.4 is 5.32 Å². The van der Waals surface area contributed by atoms with Gasteiger partial charge in [0.1, 0.15) is 5.69 Å². The van der Waals surface area contributed by atoms with Crippen molar-refractivity contribution in [2.75, 3.05) is 12.4 Å². The van der Waals surface area contributed by atoms with Gasteiger partial charge in [0.05, 0.1) is 23.2 Å². The van der Waals surface area contributed by atoms with Gasteiger partial charge in [-0.3, -0.25) is 10.1 Å². The molecule has 1 aromatic rings. The predicted molar refractivity (Wildman–Crippen MR) is 69.6 cm³/mol. The Morgan fingerprint density at radius 1 is 1.40 bits per heavy atom. The number of hydrogen-bond acceptors (Lipinski definition) is 4. The molecule has 5 nitrogen and oxygen atoms in total. The third-order valence-electron chi connectivity index (χ3n) is 4.02. The quantitative estimate of drug-likeness (QED) is 0.682. The number of rotatable bonds is 4. The van der Waals surface area contributed by atoms with E-state index in [0.29, 0.717) is 18.6 Å². The second-order valence-corrected chi connectivity index (χ2v) is 5.52. The second-order valence-electron chi connectivity index (χ2n) is 5.52. The molecule has 0 amide bonds. The van der Waals surface area contributed by atoms with Crippen molar-refractivity contribution in [2.45, 2.75) is 32.4 Å². The van der Waals surface area contributed by atoms with Gasteiger partial charge in [-0.2, -0.15) is 0 Å². The minimum Gasteiger partial charge on any atom is -0.381 e. The summed E-state index contributed by atoms with van der Waals surface area (Å²) in [6.07, 6.45) is 0.642. The van der Waals surface area contributed by atoms with Gasteiger partial charge in [-0.05, 0) is 6.42 Å². The Balaban J connectivity index is 2.21. The van der Waals surface area contributed by atoms with Crippen LogP contribution in [0.1, 0.15) is 20.3 Å². The van der Waals surface area contributed by atoms with E-state index in [-0.39, 0.29) is 23.2 Å². The van der Waals surface area contributed by atoms with Gasteiger partial charge in [0.15, 0.2) is 11.6 Å². The van der Waals surface area contributed by atoms with Gasteiger partial charge in [-0.1, -0.05) is 13.8 Å². The van der Waals surface area contributed by atoms with E-state index < -0.39 is 22.2 Å². The molecule has 1 aromatic carbocycles. The van der Waals surface area contributed by atoms with Crippen LogP contribution in [0.15, 0.2) is 12.1 Å². The second kappa shape index (κ2) is 4.97. The van der Waals surface area contributed by atoms with Crippen LogP contribution in [0.3, 0.4) is 0 Å². The maximum Gasteiger partial charge on any atom is 0.275 e. The van der Waals surface area contributed by atoms with Crippen LogP contribution in [0.25, 0.3) is 0 Å². The Morgan fingerprint density at radius 3 is 2.35 bits per heavy atom. The predicted octanol–water partition coefficient (Wildman–Crippen LogP) is 3.10. The Labute approximate surface area is 115 Å². The van der Waals surface area contributed by atoms with Gasteiger partial charge in [-0.25, -0.2) is 8.78 Å². The molecule has 2 rings (SSSR count). The van der Waals surface area contributed by atoms with Crippen molar-refractivity contribution in [1.29, 1.82) is 0 Å². The van der Waals surface area contributed by atoms with E-state index >= 15 is 0 Å². The number of anilines is 1. The minimum absolute atomic E-state index is 0.0178. The number of benzene rings is 1. The van der Waals surface area contributed by atoms with Gasteiger partial charge < -0.3 is 10.1 Å². The summed E-state index contributed by atoms with van der Waals surface area (Å²) < 4.78 is 32.8.